The van der Waals surface area contributed by atoms with E-state index in [1.807, 2.05) is 31.2 Å². The van der Waals surface area contributed by atoms with Crippen molar-refractivity contribution in [3.63, 3.8) is 0 Å². The van der Waals surface area contributed by atoms with Crippen molar-refractivity contribution >= 4 is 18.0 Å². The van der Waals surface area contributed by atoms with Crippen molar-refractivity contribution in [3.05, 3.63) is 35.9 Å². The van der Waals surface area contributed by atoms with E-state index in [2.05, 4.69) is 0 Å². The number of nitrogens with two attached hydrogens (primary N) is 1. The van der Waals surface area contributed by atoms with E-state index in [-0.39, 0.29) is 5.91 Å². The molecule has 2 N–H and O–H groups in total. The molecule has 1 heterocycles. The number of nitrogens with zero attached hydrogens (tertiary/aromatic N) is 2. The van der Waals surface area contributed by atoms with Gasteiger partial charge in [-0.3, -0.25) is 4.79 Å². The minimum absolute atomic E-state index is 0.0670. The number of hydrogen-bond donors (Lipinski definition) is 1. The van der Waals surface area contributed by atoms with Gasteiger partial charge in [-0.15, -0.1) is 0 Å². The molecule has 1 aromatic rings. The second-order valence-corrected chi connectivity index (χ2v) is 5.31. The molecular formula is C17H23N3O3. The molecule has 0 bridgehead atoms. The number of urea groups is 1. The zero-order chi connectivity index (χ0) is 16.7. The number of hydrogen-bond acceptors (Lipinski definition) is 3. The third-order valence-corrected chi connectivity index (χ3v) is 3.74. The first kappa shape index (κ1) is 16.9. The van der Waals surface area contributed by atoms with Gasteiger partial charge >= 0.3 is 6.03 Å². The Balaban J connectivity index is 2.00. The van der Waals surface area contributed by atoms with Gasteiger partial charge in [0.15, 0.2) is 0 Å². The number of para-hydroxylation sites is 1. The first-order valence-corrected chi connectivity index (χ1v) is 7.85. The van der Waals surface area contributed by atoms with Crippen LogP contribution in [-0.4, -0.2) is 54.5 Å². The molecule has 6 nitrogen and oxygen atoms in total. The van der Waals surface area contributed by atoms with E-state index in [1.165, 1.54) is 0 Å². The largest absolute Gasteiger partial charge is 0.493 e. The molecule has 1 saturated heterocycles. The van der Waals surface area contributed by atoms with Crippen molar-refractivity contribution in [1.82, 2.24) is 9.80 Å². The number of benzene rings is 1. The summed E-state index contributed by atoms with van der Waals surface area (Å²) in [7, 11) is 0. The first-order valence-electron chi connectivity index (χ1n) is 7.85. The Hall–Kier alpha value is -2.50. The Morgan fingerprint density at radius 2 is 1.87 bits per heavy atom. The van der Waals surface area contributed by atoms with E-state index < -0.39 is 6.03 Å². The van der Waals surface area contributed by atoms with Gasteiger partial charge in [-0.2, -0.15) is 0 Å². The van der Waals surface area contributed by atoms with Crippen LogP contribution in [0.5, 0.6) is 5.75 Å². The van der Waals surface area contributed by atoms with E-state index in [0.717, 1.165) is 17.7 Å². The van der Waals surface area contributed by atoms with Gasteiger partial charge < -0.3 is 20.3 Å². The number of ether oxygens (including phenoxy) is 1. The van der Waals surface area contributed by atoms with Gasteiger partial charge in [-0.05, 0) is 25.5 Å². The maximum atomic E-state index is 12.3. The van der Waals surface area contributed by atoms with Gasteiger partial charge in [0, 0.05) is 37.8 Å². The van der Waals surface area contributed by atoms with E-state index in [9.17, 15) is 9.59 Å². The predicted octanol–water partition coefficient (Wildman–Crippen LogP) is 1.71. The quantitative estimate of drug-likeness (QED) is 0.859. The molecule has 0 aliphatic carbocycles. The Bertz CT molecular complexity index is 586. The van der Waals surface area contributed by atoms with E-state index in [4.69, 9.17) is 10.5 Å². The standard InChI is InChI=1S/C17H23N3O3/c1-2-23-15-7-4-3-6-14(15)8-9-16(21)19-10-5-11-20(13-12-19)17(18)22/h3-4,6-9H,2,5,10-13H2,1H3,(H2,18,22). The molecule has 23 heavy (non-hydrogen) atoms. The second kappa shape index (κ2) is 8.22. The second-order valence-electron chi connectivity index (χ2n) is 5.31. The highest BCUT2D eigenvalue weighted by Gasteiger charge is 2.19. The summed E-state index contributed by atoms with van der Waals surface area (Å²) < 4.78 is 5.54. The molecule has 1 aliphatic rings. The highest BCUT2D eigenvalue weighted by atomic mass is 16.5. The molecule has 1 aromatic carbocycles. The van der Waals surface area contributed by atoms with E-state index in [1.54, 1.807) is 22.0 Å². The summed E-state index contributed by atoms with van der Waals surface area (Å²) in [6, 6.07) is 7.16. The van der Waals surface area contributed by atoms with Crippen LogP contribution >= 0.6 is 0 Å². The molecular weight excluding hydrogens is 294 g/mol. The predicted molar refractivity (Wildman–Crippen MR) is 89.0 cm³/mol. The fourth-order valence-electron chi connectivity index (χ4n) is 2.53. The lowest BCUT2D eigenvalue weighted by Gasteiger charge is -2.19. The zero-order valence-electron chi connectivity index (χ0n) is 13.4. The maximum absolute atomic E-state index is 12.3. The van der Waals surface area contributed by atoms with Crippen LogP contribution in [0.1, 0.15) is 18.9 Å². The van der Waals surface area contributed by atoms with Crippen LogP contribution in [0.2, 0.25) is 0 Å². The van der Waals surface area contributed by atoms with Crippen LogP contribution in [0.25, 0.3) is 6.08 Å². The summed E-state index contributed by atoms with van der Waals surface area (Å²) in [4.78, 5) is 26.9. The topological polar surface area (TPSA) is 75.9 Å². The summed E-state index contributed by atoms with van der Waals surface area (Å²) in [5, 5.41) is 0. The lowest BCUT2D eigenvalue weighted by Crippen LogP contribution is -2.39. The summed E-state index contributed by atoms with van der Waals surface area (Å²) in [6.45, 7) is 4.70. The molecule has 2 rings (SSSR count). The molecule has 1 aliphatic heterocycles. The van der Waals surface area contributed by atoms with Crippen LogP contribution in [0.15, 0.2) is 30.3 Å². The van der Waals surface area contributed by atoms with Crippen molar-refractivity contribution in [2.24, 2.45) is 5.73 Å². The highest BCUT2D eigenvalue weighted by Crippen LogP contribution is 2.19. The van der Waals surface area contributed by atoms with Crippen LogP contribution in [0.3, 0.4) is 0 Å². The SMILES string of the molecule is CCOc1ccccc1C=CC(=O)N1CCCN(C(N)=O)CC1. The average Bonchev–Trinajstić information content (AvgIpc) is 2.80. The smallest absolute Gasteiger partial charge is 0.314 e. The Morgan fingerprint density at radius 1 is 1.17 bits per heavy atom. The van der Waals surface area contributed by atoms with Gasteiger partial charge in [0.25, 0.3) is 0 Å². The summed E-state index contributed by atoms with van der Waals surface area (Å²) >= 11 is 0. The van der Waals surface area contributed by atoms with Gasteiger partial charge in [0.2, 0.25) is 5.91 Å². The number of amides is 3. The molecule has 124 valence electrons. The van der Waals surface area contributed by atoms with Crippen molar-refractivity contribution in [3.8, 4) is 5.75 Å². The van der Waals surface area contributed by atoms with Gasteiger partial charge in [-0.25, -0.2) is 4.79 Å². The van der Waals surface area contributed by atoms with Crippen LogP contribution in [0.4, 0.5) is 4.79 Å². The molecule has 0 radical (unpaired) electrons. The molecule has 0 atom stereocenters. The lowest BCUT2D eigenvalue weighted by molar-refractivity contribution is -0.125. The van der Waals surface area contributed by atoms with E-state index >= 15 is 0 Å². The zero-order valence-corrected chi connectivity index (χ0v) is 13.4. The summed E-state index contributed by atoms with van der Waals surface area (Å²) in [5.74, 6) is 0.692. The first-order chi connectivity index (χ1) is 11.1. The Kier molecular flexibility index (Phi) is 6.02. The average molecular weight is 317 g/mol. The molecule has 0 aromatic heterocycles. The summed E-state index contributed by atoms with van der Waals surface area (Å²) in [6.07, 6.45) is 4.06. The number of primary amides is 1. The molecule has 6 heteroatoms. The highest BCUT2D eigenvalue weighted by molar-refractivity contribution is 5.92. The molecule has 0 unspecified atom stereocenters. The minimum Gasteiger partial charge on any atom is -0.493 e. The fraction of sp³-hybridized carbons (Fsp3) is 0.412. The number of carbonyl (C=O) groups excluding carboxylic acids is 2. The van der Waals surface area contributed by atoms with Gasteiger partial charge in [0.1, 0.15) is 5.75 Å². The Labute approximate surface area is 136 Å². The van der Waals surface area contributed by atoms with Crippen LogP contribution in [-0.2, 0) is 4.79 Å². The van der Waals surface area contributed by atoms with Crippen molar-refractivity contribution in [2.75, 3.05) is 32.8 Å². The maximum Gasteiger partial charge on any atom is 0.314 e. The molecule has 1 fully saturated rings. The molecule has 3 amide bonds. The fourth-order valence-corrected chi connectivity index (χ4v) is 2.53. The van der Waals surface area contributed by atoms with Gasteiger partial charge in [-0.1, -0.05) is 18.2 Å². The third kappa shape index (κ3) is 4.74. The summed E-state index contributed by atoms with van der Waals surface area (Å²) in [5.41, 5.74) is 6.17. The number of rotatable bonds is 4. The third-order valence-electron chi connectivity index (χ3n) is 3.74. The van der Waals surface area contributed by atoms with Crippen LogP contribution in [0, 0.1) is 0 Å². The minimum atomic E-state index is -0.430. The van der Waals surface area contributed by atoms with Gasteiger partial charge in [0.05, 0.1) is 6.61 Å². The van der Waals surface area contributed by atoms with Crippen molar-refractivity contribution in [2.45, 2.75) is 13.3 Å². The van der Waals surface area contributed by atoms with Crippen LogP contribution < -0.4 is 10.5 Å². The Morgan fingerprint density at radius 3 is 2.61 bits per heavy atom. The number of carbonyl (C=O) groups is 2. The lowest BCUT2D eigenvalue weighted by atomic mass is 10.2. The van der Waals surface area contributed by atoms with Crippen molar-refractivity contribution < 1.29 is 14.3 Å². The molecule has 0 saturated carbocycles. The molecule has 0 spiro atoms. The monoisotopic (exact) mass is 317 g/mol. The van der Waals surface area contributed by atoms with E-state index in [0.29, 0.717) is 32.8 Å². The van der Waals surface area contributed by atoms with Crippen molar-refractivity contribution in [1.29, 1.82) is 0 Å². The normalized spacial score (nSPS) is 15.5.